The van der Waals surface area contributed by atoms with Crippen molar-refractivity contribution in [2.24, 2.45) is 0 Å². The minimum Gasteiger partial charge on any atom is -0.399 e. The molecule has 0 aromatic heterocycles. The monoisotopic (exact) mass is 266 g/mol. The van der Waals surface area contributed by atoms with Crippen LogP contribution in [-0.2, 0) is 17.6 Å². The van der Waals surface area contributed by atoms with Crippen molar-refractivity contribution in [3.8, 4) is 0 Å². The molecule has 0 unspecified atom stereocenters. The molecule has 0 atom stereocenters. The average molecular weight is 266 g/mol. The lowest BCUT2D eigenvalue weighted by atomic mass is 10.1. The van der Waals surface area contributed by atoms with Crippen molar-refractivity contribution in [2.45, 2.75) is 19.8 Å². The predicted octanol–water partition coefficient (Wildman–Crippen LogP) is 2.71. The summed E-state index contributed by atoms with van der Waals surface area (Å²) >= 11 is 0. The number of carbonyl (C=O) groups is 1. The van der Waals surface area contributed by atoms with Crippen LogP contribution in [0.5, 0.6) is 0 Å². The van der Waals surface area contributed by atoms with E-state index in [0.717, 1.165) is 29.9 Å². The molecule has 102 valence electrons. The maximum absolute atomic E-state index is 12.4. The number of fused-ring (bicyclic) bond motifs is 1. The van der Waals surface area contributed by atoms with Crippen molar-refractivity contribution in [1.29, 1.82) is 0 Å². The molecule has 2 aromatic carbocycles. The largest absolute Gasteiger partial charge is 0.399 e. The van der Waals surface area contributed by atoms with E-state index in [1.807, 2.05) is 54.3 Å². The smallest absolute Gasteiger partial charge is 0.231 e. The molecule has 0 radical (unpaired) electrons. The van der Waals surface area contributed by atoms with E-state index in [0.29, 0.717) is 6.42 Å². The maximum Gasteiger partial charge on any atom is 0.231 e. The van der Waals surface area contributed by atoms with Crippen LogP contribution in [0.15, 0.2) is 42.5 Å². The summed E-state index contributed by atoms with van der Waals surface area (Å²) in [7, 11) is 0. The number of hydrogen-bond donors (Lipinski definition) is 1. The van der Waals surface area contributed by atoms with Gasteiger partial charge in [-0.25, -0.2) is 0 Å². The molecule has 0 saturated carbocycles. The molecule has 0 bridgehead atoms. The van der Waals surface area contributed by atoms with Gasteiger partial charge in [-0.05, 0) is 42.7 Å². The fraction of sp³-hybridized carbons (Fsp3) is 0.235. The van der Waals surface area contributed by atoms with Gasteiger partial charge in [-0.1, -0.05) is 29.8 Å². The van der Waals surface area contributed by atoms with Gasteiger partial charge in [0.15, 0.2) is 0 Å². The SMILES string of the molecule is Cc1ccc(CC(=O)N2CCc3cc(N)ccc32)cc1. The van der Waals surface area contributed by atoms with Gasteiger partial charge in [0.1, 0.15) is 0 Å². The molecule has 1 aliphatic heterocycles. The van der Waals surface area contributed by atoms with E-state index < -0.39 is 0 Å². The lowest BCUT2D eigenvalue weighted by molar-refractivity contribution is -0.117. The van der Waals surface area contributed by atoms with E-state index in [1.54, 1.807) is 0 Å². The number of amides is 1. The molecule has 3 nitrogen and oxygen atoms in total. The van der Waals surface area contributed by atoms with Crippen molar-refractivity contribution in [1.82, 2.24) is 0 Å². The Bertz CT molecular complexity index is 647. The van der Waals surface area contributed by atoms with Crippen LogP contribution in [0.1, 0.15) is 16.7 Å². The molecule has 0 spiro atoms. The molecule has 2 aromatic rings. The summed E-state index contributed by atoms with van der Waals surface area (Å²) in [5.41, 5.74) is 11.0. The van der Waals surface area contributed by atoms with Gasteiger partial charge < -0.3 is 10.6 Å². The van der Waals surface area contributed by atoms with E-state index in [4.69, 9.17) is 5.73 Å². The van der Waals surface area contributed by atoms with Crippen molar-refractivity contribution in [3.63, 3.8) is 0 Å². The molecule has 1 heterocycles. The number of aryl methyl sites for hydroxylation is 1. The number of nitrogen functional groups attached to an aromatic ring is 1. The molecule has 1 aliphatic rings. The molecule has 1 amide bonds. The Morgan fingerprint density at radius 1 is 1.20 bits per heavy atom. The van der Waals surface area contributed by atoms with Crippen molar-refractivity contribution in [2.75, 3.05) is 17.2 Å². The predicted molar refractivity (Wildman–Crippen MR) is 81.8 cm³/mol. The number of hydrogen-bond acceptors (Lipinski definition) is 2. The summed E-state index contributed by atoms with van der Waals surface area (Å²) in [5, 5.41) is 0. The minimum absolute atomic E-state index is 0.150. The van der Waals surface area contributed by atoms with Crippen LogP contribution in [-0.4, -0.2) is 12.5 Å². The number of anilines is 2. The van der Waals surface area contributed by atoms with E-state index in [-0.39, 0.29) is 5.91 Å². The third-order valence-corrected chi connectivity index (χ3v) is 3.78. The van der Waals surface area contributed by atoms with Crippen LogP contribution in [0.2, 0.25) is 0 Å². The van der Waals surface area contributed by atoms with Gasteiger partial charge in [-0.3, -0.25) is 4.79 Å². The highest BCUT2D eigenvalue weighted by Crippen LogP contribution is 2.30. The molecule has 2 N–H and O–H groups in total. The third kappa shape index (κ3) is 2.39. The summed E-state index contributed by atoms with van der Waals surface area (Å²) in [6.07, 6.45) is 1.34. The van der Waals surface area contributed by atoms with Crippen molar-refractivity contribution >= 4 is 17.3 Å². The first-order chi connectivity index (χ1) is 9.63. The molecule has 3 rings (SSSR count). The highest BCUT2D eigenvalue weighted by molar-refractivity contribution is 5.97. The molecule has 0 aliphatic carbocycles. The second-order valence-corrected chi connectivity index (χ2v) is 5.35. The Labute approximate surface area is 119 Å². The first-order valence-electron chi connectivity index (χ1n) is 6.88. The van der Waals surface area contributed by atoms with E-state index >= 15 is 0 Å². The summed E-state index contributed by atoms with van der Waals surface area (Å²) in [6.45, 7) is 2.80. The van der Waals surface area contributed by atoms with Gasteiger partial charge in [0.2, 0.25) is 5.91 Å². The van der Waals surface area contributed by atoms with Gasteiger partial charge >= 0.3 is 0 Å². The summed E-state index contributed by atoms with van der Waals surface area (Å²) in [5.74, 6) is 0.150. The zero-order valence-corrected chi connectivity index (χ0v) is 11.6. The fourth-order valence-corrected chi connectivity index (χ4v) is 2.66. The molecule has 20 heavy (non-hydrogen) atoms. The van der Waals surface area contributed by atoms with E-state index in [2.05, 4.69) is 0 Å². The molecule has 0 fully saturated rings. The van der Waals surface area contributed by atoms with Crippen LogP contribution in [0, 0.1) is 6.92 Å². The summed E-state index contributed by atoms with van der Waals surface area (Å²) in [6, 6.07) is 13.9. The first kappa shape index (κ1) is 12.7. The standard InChI is InChI=1S/C17H18N2O/c1-12-2-4-13(5-3-12)10-17(20)19-9-8-14-11-15(18)6-7-16(14)19/h2-7,11H,8-10,18H2,1H3. The van der Waals surface area contributed by atoms with Gasteiger partial charge in [0, 0.05) is 17.9 Å². The Kier molecular flexibility index (Phi) is 3.18. The number of nitrogens with zero attached hydrogens (tertiary/aromatic N) is 1. The van der Waals surface area contributed by atoms with Crippen LogP contribution >= 0.6 is 0 Å². The zero-order chi connectivity index (χ0) is 14.1. The second-order valence-electron chi connectivity index (χ2n) is 5.35. The molecule has 3 heteroatoms. The van der Waals surface area contributed by atoms with Crippen LogP contribution < -0.4 is 10.6 Å². The average Bonchev–Trinajstić information content (AvgIpc) is 2.84. The fourth-order valence-electron chi connectivity index (χ4n) is 2.66. The minimum atomic E-state index is 0.150. The maximum atomic E-state index is 12.4. The van der Waals surface area contributed by atoms with Crippen LogP contribution in [0.25, 0.3) is 0 Å². The topological polar surface area (TPSA) is 46.3 Å². The van der Waals surface area contributed by atoms with Crippen LogP contribution in [0.4, 0.5) is 11.4 Å². The Hall–Kier alpha value is -2.29. The van der Waals surface area contributed by atoms with Crippen LogP contribution in [0.3, 0.4) is 0 Å². The lowest BCUT2D eigenvalue weighted by Gasteiger charge is -2.17. The molecule has 0 saturated heterocycles. The molecular weight excluding hydrogens is 248 g/mol. The normalized spacial score (nSPS) is 13.3. The van der Waals surface area contributed by atoms with Gasteiger partial charge in [-0.15, -0.1) is 0 Å². The number of carbonyl (C=O) groups excluding carboxylic acids is 1. The zero-order valence-electron chi connectivity index (χ0n) is 11.6. The summed E-state index contributed by atoms with van der Waals surface area (Å²) in [4.78, 5) is 14.3. The Morgan fingerprint density at radius 3 is 2.70 bits per heavy atom. The third-order valence-electron chi connectivity index (χ3n) is 3.78. The van der Waals surface area contributed by atoms with E-state index in [1.165, 1.54) is 11.1 Å². The van der Waals surface area contributed by atoms with Gasteiger partial charge in [0.05, 0.1) is 6.42 Å². The highest BCUT2D eigenvalue weighted by atomic mass is 16.2. The van der Waals surface area contributed by atoms with Gasteiger partial charge in [-0.2, -0.15) is 0 Å². The van der Waals surface area contributed by atoms with Gasteiger partial charge in [0.25, 0.3) is 0 Å². The number of nitrogens with two attached hydrogens (primary N) is 1. The Morgan fingerprint density at radius 2 is 1.95 bits per heavy atom. The first-order valence-corrected chi connectivity index (χ1v) is 6.88. The highest BCUT2D eigenvalue weighted by Gasteiger charge is 2.24. The molecular formula is C17H18N2O. The second kappa shape index (κ2) is 5.00. The quantitative estimate of drug-likeness (QED) is 0.849. The van der Waals surface area contributed by atoms with Crippen molar-refractivity contribution < 1.29 is 4.79 Å². The number of benzene rings is 2. The van der Waals surface area contributed by atoms with Crippen molar-refractivity contribution in [3.05, 3.63) is 59.2 Å². The lowest BCUT2D eigenvalue weighted by Crippen LogP contribution is -2.30. The Balaban J connectivity index is 1.78. The number of rotatable bonds is 2. The summed E-state index contributed by atoms with van der Waals surface area (Å²) < 4.78 is 0. The van der Waals surface area contributed by atoms with E-state index in [9.17, 15) is 4.79 Å².